The molecule has 0 fully saturated rings. The van der Waals surface area contributed by atoms with Crippen LogP contribution in [0.15, 0.2) is 30.3 Å². The van der Waals surface area contributed by atoms with Gasteiger partial charge in [-0.2, -0.15) is 0 Å². The number of nitrogens with one attached hydrogen (secondary N) is 1. The van der Waals surface area contributed by atoms with Crippen LogP contribution in [0.4, 0.5) is 17.1 Å². The van der Waals surface area contributed by atoms with Crippen molar-refractivity contribution in [3.8, 4) is 11.5 Å². The normalized spacial score (nSPS) is 10.2. The van der Waals surface area contributed by atoms with Crippen LogP contribution in [0, 0.1) is 0 Å². The van der Waals surface area contributed by atoms with Gasteiger partial charge in [-0.3, -0.25) is 0 Å². The van der Waals surface area contributed by atoms with E-state index < -0.39 is 0 Å². The van der Waals surface area contributed by atoms with Crippen LogP contribution >= 0.6 is 23.2 Å². The summed E-state index contributed by atoms with van der Waals surface area (Å²) in [4.78, 5) is 0. The van der Waals surface area contributed by atoms with Gasteiger partial charge in [-0.05, 0) is 12.1 Å². The highest BCUT2D eigenvalue weighted by atomic mass is 35.5. The first kappa shape index (κ1) is 14.6. The van der Waals surface area contributed by atoms with Gasteiger partial charge >= 0.3 is 0 Å². The Balaban J connectivity index is 2.36. The lowest BCUT2D eigenvalue weighted by atomic mass is 10.2. The number of halogens is 2. The van der Waals surface area contributed by atoms with Crippen molar-refractivity contribution in [2.24, 2.45) is 0 Å². The molecule has 2 aromatic rings. The molecular weight excluding hydrogens is 299 g/mol. The Kier molecular flexibility index (Phi) is 4.47. The van der Waals surface area contributed by atoms with Crippen LogP contribution in [-0.2, 0) is 0 Å². The minimum Gasteiger partial charge on any atom is -0.497 e. The first-order valence-electron chi connectivity index (χ1n) is 5.78. The van der Waals surface area contributed by atoms with Crippen LogP contribution in [0.2, 0.25) is 10.0 Å². The predicted molar refractivity (Wildman–Crippen MR) is 83.7 cm³/mol. The number of hydrogen-bond acceptors (Lipinski definition) is 4. The summed E-state index contributed by atoms with van der Waals surface area (Å²) in [5, 5.41) is 4.01. The first-order chi connectivity index (χ1) is 9.53. The molecule has 106 valence electrons. The van der Waals surface area contributed by atoms with Crippen molar-refractivity contribution in [2.75, 3.05) is 25.3 Å². The number of nitrogens with two attached hydrogens (primary N) is 1. The monoisotopic (exact) mass is 312 g/mol. The van der Waals surface area contributed by atoms with Gasteiger partial charge in [0.05, 0.1) is 35.6 Å². The minimum absolute atomic E-state index is 0.415. The zero-order chi connectivity index (χ0) is 14.7. The molecule has 2 rings (SSSR count). The van der Waals surface area contributed by atoms with E-state index >= 15 is 0 Å². The van der Waals surface area contributed by atoms with Gasteiger partial charge in [0.25, 0.3) is 0 Å². The Morgan fingerprint density at radius 3 is 2.00 bits per heavy atom. The zero-order valence-electron chi connectivity index (χ0n) is 11.0. The van der Waals surface area contributed by atoms with E-state index in [4.69, 9.17) is 38.4 Å². The summed E-state index contributed by atoms with van der Waals surface area (Å²) in [5.74, 6) is 1.34. The summed E-state index contributed by atoms with van der Waals surface area (Å²) in [6.45, 7) is 0. The van der Waals surface area contributed by atoms with E-state index in [0.717, 1.165) is 5.69 Å². The molecule has 0 saturated carbocycles. The van der Waals surface area contributed by atoms with Crippen molar-refractivity contribution in [3.05, 3.63) is 40.4 Å². The van der Waals surface area contributed by atoms with Crippen LogP contribution in [0.1, 0.15) is 0 Å². The lowest BCUT2D eigenvalue weighted by Gasteiger charge is -2.13. The second kappa shape index (κ2) is 6.11. The molecule has 0 bridgehead atoms. The molecule has 0 saturated heterocycles. The molecule has 3 N–H and O–H groups in total. The van der Waals surface area contributed by atoms with Crippen LogP contribution in [0.25, 0.3) is 0 Å². The third kappa shape index (κ3) is 3.21. The van der Waals surface area contributed by atoms with Crippen molar-refractivity contribution in [1.82, 2.24) is 0 Å². The second-order valence-electron chi connectivity index (χ2n) is 4.08. The average Bonchev–Trinajstić information content (AvgIpc) is 2.44. The highest BCUT2D eigenvalue weighted by Crippen LogP contribution is 2.34. The maximum atomic E-state index is 5.99. The van der Waals surface area contributed by atoms with Gasteiger partial charge in [0.15, 0.2) is 0 Å². The highest BCUT2D eigenvalue weighted by Gasteiger charge is 2.07. The lowest BCUT2D eigenvalue weighted by Crippen LogP contribution is -1.98. The molecule has 0 aliphatic carbocycles. The Morgan fingerprint density at radius 2 is 1.45 bits per heavy atom. The number of rotatable bonds is 4. The fourth-order valence-electron chi connectivity index (χ4n) is 1.71. The molecule has 0 heterocycles. The van der Waals surface area contributed by atoms with E-state index in [1.54, 1.807) is 32.4 Å². The Labute approximate surface area is 127 Å². The molecule has 0 aromatic heterocycles. The van der Waals surface area contributed by atoms with Gasteiger partial charge in [0.1, 0.15) is 11.5 Å². The quantitative estimate of drug-likeness (QED) is 0.825. The number of nitrogen functional groups attached to an aromatic ring is 1. The Morgan fingerprint density at radius 1 is 0.900 bits per heavy atom. The topological polar surface area (TPSA) is 56.5 Å². The number of methoxy groups -OCH3 is 2. The molecule has 0 unspecified atom stereocenters. The summed E-state index contributed by atoms with van der Waals surface area (Å²) in [6.07, 6.45) is 0. The minimum atomic E-state index is 0.415. The van der Waals surface area contributed by atoms with Crippen molar-refractivity contribution in [1.29, 1.82) is 0 Å². The number of ether oxygens (including phenoxy) is 2. The van der Waals surface area contributed by atoms with Gasteiger partial charge in [-0.15, -0.1) is 0 Å². The summed E-state index contributed by atoms with van der Waals surface area (Å²) >= 11 is 11.9. The standard InChI is InChI=1S/C14H14Cl2N2O2/c1-19-9-3-8(4-10(5-9)20-2)18-14-7-12(16)11(15)6-13(14)17/h3-7,18H,17H2,1-2H3. The number of benzene rings is 2. The van der Waals surface area contributed by atoms with E-state index in [2.05, 4.69) is 5.32 Å². The molecular formula is C14H14Cl2N2O2. The van der Waals surface area contributed by atoms with E-state index in [-0.39, 0.29) is 0 Å². The fourth-order valence-corrected chi connectivity index (χ4v) is 2.04. The SMILES string of the molecule is COc1cc(Nc2cc(Cl)c(Cl)cc2N)cc(OC)c1. The predicted octanol–water partition coefficient (Wildman–Crippen LogP) is 4.34. The lowest BCUT2D eigenvalue weighted by molar-refractivity contribution is 0.395. The summed E-state index contributed by atoms with van der Waals surface area (Å²) in [5.41, 5.74) is 7.84. The maximum Gasteiger partial charge on any atom is 0.124 e. The maximum absolute atomic E-state index is 5.99. The third-order valence-corrected chi connectivity index (χ3v) is 3.45. The Hall–Kier alpha value is -1.78. The van der Waals surface area contributed by atoms with Crippen molar-refractivity contribution >= 4 is 40.3 Å². The number of hydrogen-bond donors (Lipinski definition) is 2. The highest BCUT2D eigenvalue weighted by molar-refractivity contribution is 6.42. The van der Waals surface area contributed by atoms with Crippen LogP contribution in [0.3, 0.4) is 0 Å². The summed E-state index contributed by atoms with van der Waals surface area (Å²) < 4.78 is 10.4. The van der Waals surface area contributed by atoms with E-state index in [9.17, 15) is 0 Å². The molecule has 0 amide bonds. The molecule has 20 heavy (non-hydrogen) atoms. The molecule has 0 aliphatic heterocycles. The first-order valence-corrected chi connectivity index (χ1v) is 6.53. The van der Waals surface area contributed by atoms with E-state index in [1.165, 1.54) is 0 Å². The third-order valence-electron chi connectivity index (χ3n) is 2.72. The molecule has 0 atom stereocenters. The van der Waals surface area contributed by atoms with E-state index in [1.807, 2.05) is 12.1 Å². The molecule has 0 aliphatic rings. The van der Waals surface area contributed by atoms with E-state index in [0.29, 0.717) is 32.9 Å². The molecule has 0 spiro atoms. The van der Waals surface area contributed by atoms with Crippen LogP contribution < -0.4 is 20.5 Å². The van der Waals surface area contributed by atoms with Crippen molar-refractivity contribution < 1.29 is 9.47 Å². The van der Waals surface area contributed by atoms with Crippen molar-refractivity contribution in [3.63, 3.8) is 0 Å². The van der Waals surface area contributed by atoms with Crippen LogP contribution in [0.5, 0.6) is 11.5 Å². The van der Waals surface area contributed by atoms with Crippen molar-refractivity contribution in [2.45, 2.75) is 0 Å². The van der Waals surface area contributed by atoms with Crippen LogP contribution in [-0.4, -0.2) is 14.2 Å². The van der Waals surface area contributed by atoms with Gasteiger partial charge in [0.2, 0.25) is 0 Å². The average molecular weight is 313 g/mol. The summed E-state index contributed by atoms with van der Waals surface area (Å²) in [6, 6.07) is 8.70. The van der Waals surface area contributed by atoms with Gasteiger partial charge in [-0.25, -0.2) is 0 Å². The second-order valence-corrected chi connectivity index (χ2v) is 4.89. The molecule has 2 aromatic carbocycles. The largest absolute Gasteiger partial charge is 0.497 e. The fraction of sp³-hybridized carbons (Fsp3) is 0.143. The molecule has 0 radical (unpaired) electrons. The van der Waals surface area contributed by atoms with Gasteiger partial charge < -0.3 is 20.5 Å². The molecule has 4 nitrogen and oxygen atoms in total. The Bertz CT molecular complexity index is 611. The smallest absolute Gasteiger partial charge is 0.124 e. The number of anilines is 3. The molecule has 6 heteroatoms. The van der Waals surface area contributed by atoms with Gasteiger partial charge in [-0.1, -0.05) is 23.2 Å². The summed E-state index contributed by atoms with van der Waals surface area (Å²) in [7, 11) is 3.18. The zero-order valence-corrected chi connectivity index (χ0v) is 12.5. The van der Waals surface area contributed by atoms with Gasteiger partial charge in [0, 0.05) is 23.9 Å².